The number of aromatic nitrogens is 1. The topological polar surface area (TPSA) is 16.1 Å². The lowest BCUT2D eigenvalue weighted by Gasteiger charge is -2.21. The van der Waals surface area contributed by atoms with Crippen molar-refractivity contribution in [2.24, 2.45) is 5.92 Å². The fraction of sp³-hybridized carbons (Fsp3) is 0.615. The monoisotopic (exact) mass is 272 g/mol. The number of nitrogens with zero attached hydrogens (tertiary/aromatic N) is 2. The van der Waals surface area contributed by atoms with Gasteiger partial charge in [0.15, 0.2) is 0 Å². The second-order valence-electron chi connectivity index (χ2n) is 4.95. The molecule has 2 rings (SSSR count). The number of hydrogen-bond acceptors (Lipinski definition) is 2. The fourth-order valence-electron chi connectivity index (χ4n) is 2.54. The maximum absolute atomic E-state index is 6.14. The van der Waals surface area contributed by atoms with Gasteiger partial charge in [0.1, 0.15) is 5.15 Å². The second kappa shape index (κ2) is 6.03. The van der Waals surface area contributed by atoms with E-state index in [0.717, 1.165) is 24.6 Å². The van der Waals surface area contributed by atoms with Gasteiger partial charge in [0, 0.05) is 29.9 Å². The Bertz CT molecular complexity index is 376. The average Bonchev–Trinajstić information content (AvgIpc) is 2.75. The van der Waals surface area contributed by atoms with Crippen LogP contribution < -0.4 is 0 Å². The minimum absolute atomic E-state index is 0.456. The van der Waals surface area contributed by atoms with Gasteiger partial charge in [0.25, 0.3) is 0 Å². The summed E-state index contributed by atoms with van der Waals surface area (Å²) in [5, 5.41) is 1.17. The van der Waals surface area contributed by atoms with Crippen molar-refractivity contribution in [1.29, 1.82) is 0 Å². The highest BCUT2D eigenvalue weighted by Crippen LogP contribution is 2.26. The minimum Gasteiger partial charge on any atom is -0.302 e. The number of hydrogen-bond donors (Lipinski definition) is 0. The van der Waals surface area contributed by atoms with E-state index >= 15 is 0 Å². The van der Waals surface area contributed by atoms with Crippen LogP contribution in [0.5, 0.6) is 0 Å². The molecule has 0 aromatic carbocycles. The fourth-order valence-corrected chi connectivity index (χ4v) is 2.97. The Hall–Kier alpha value is -0.310. The van der Waals surface area contributed by atoms with Crippen LogP contribution >= 0.6 is 23.2 Å². The molecule has 0 saturated heterocycles. The van der Waals surface area contributed by atoms with Gasteiger partial charge in [0.05, 0.1) is 0 Å². The SMILES string of the molecule is CN(Cc1cnc(Cl)cc1Cl)CC1CCCC1. The summed E-state index contributed by atoms with van der Waals surface area (Å²) in [6.07, 6.45) is 7.30. The molecule has 1 heterocycles. The van der Waals surface area contributed by atoms with Gasteiger partial charge in [-0.2, -0.15) is 0 Å². The van der Waals surface area contributed by atoms with Gasteiger partial charge < -0.3 is 4.90 Å². The molecule has 0 bridgehead atoms. The molecule has 0 radical (unpaired) electrons. The first-order valence-electron chi connectivity index (χ1n) is 6.13. The highest BCUT2D eigenvalue weighted by Gasteiger charge is 2.17. The Morgan fingerprint density at radius 1 is 1.35 bits per heavy atom. The predicted octanol–water partition coefficient (Wildman–Crippen LogP) is 4.01. The van der Waals surface area contributed by atoms with Gasteiger partial charge in [-0.3, -0.25) is 0 Å². The molecule has 17 heavy (non-hydrogen) atoms. The summed E-state index contributed by atoms with van der Waals surface area (Å²) in [6.45, 7) is 2.00. The molecule has 1 aromatic heterocycles. The summed E-state index contributed by atoms with van der Waals surface area (Å²) >= 11 is 11.9. The van der Waals surface area contributed by atoms with E-state index in [1.807, 2.05) is 0 Å². The first kappa shape index (κ1) is 13.1. The Kier molecular flexibility index (Phi) is 4.66. The van der Waals surface area contributed by atoms with Crippen molar-refractivity contribution in [2.45, 2.75) is 32.2 Å². The summed E-state index contributed by atoms with van der Waals surface area (Å²) in [7, 11) is 2.14. The van der Waals surface area contributed by atoms with E-state index in [4.69, 9.17) is 23.2 Å². The smallest absolute Gasteiger partial charge is 0.130 e. The maximum atomic E-state index is 6.14. The normalized spacial score (nSPS) is 16.9. The van der Waals surface area contributed by atoms with Crippen LogP contribution in [0.2, 0.25) is 10.2 Å². The lowest BCUT2D eigenvalue weighted by molar-refractivity contribution is 0.271. The zero-order valence-corrected chi connectivity index (χ0v) is 11.6. The Morgan fingerprint density at radius 3 is 2.71 bits per heavy atom. The Balaban J connectivity index is 1.90. The van der Waals surface area contributed by atoms with Gasteiger partial charge in [-0.05, 0) is 31.9 Å². The van der Waals surface area contributed by atoms with Crippen molar-refractivity contribution >= 4 is 23.2 Å². The van der Waals surface area contributed by atoms with Crippen molar-refractivity contribution in [2.75, 3.05) is 13.6 Å². The number of rotatable bonds is 4. The molecular weight excluding hydrogens is 255 g/mol. The molecule has 1 fully saturated rings. The summed E-state index contributed by atoms with van der Waals surface area (Å²) in [6, 6.07) is 1.71. The molecule has 0 amide bonds. The van der Waals surface area contributed by atoms with E-state index in [2.05, 4.69) is 16.9 Å². The first-order valence-corrected chi connectivity index (χ1v) is 6.89. The van der Waals surface area contributed by atoms with Crippen LogP contribution in [0.1, 0.15) is 31.2 Å². The largest absolute Gasteiger partial charge is 0.302 e. The van der Waals surface area contributed by atoms with Crippen molar-refractivity contribution in [3.63, 3.8) is 0 Å². The molecule has 0 aliphatic heterocycles. The van der Waals surface area contributed by atoms with Crippen LogP contribution in [0.25, 0.3) is 0 Å². The zero-order valence-electron chi connectivity index (χ0n) is 10.1. The van der Waals surface area contributed by atoms with Crippen LogP contribution in [-0.2, 0) is 6.54 Å². The first-order chi connectivity index (χ1) is 8.15. The van der Waals surface area contributed by atoms with Crippen molar-refractivity contribution in [3.8, 4) is 0 Å². The van der Waals surface area contributed by atoms with Crippen molar-refractivity contribution in [3.05, 3.63) is 28.0 Å². The molecule has 0 N–H and O–H groups in total. The summed E-state index contributed by atoms with van der Waals surface area (Å²) < 4.78 is 0. The van der Waals surface area contributed by atoms with Gasteiger partial charge in [-0.25, -0.2) is 4.98 Å². The lowest BCUT2D eigenvalue weighted by Crippen LogP contribution is -2.24. The van der Waals surface area contributed by atoms with Gasteiger partial charge in [0.2, 0.25) is 0 Å². The van der Waals surface area contributed by atoms with Gasteiger partial charge in [-0.1, -0.05) is 36.0 Å². The summed E-state index contributed by atoms with van der Waals surface area (Å²) in [5.74, 6) is 0.860. The third kappa shape index (κ3) is 3.84. The number of pyridine rings is 1. The Labute approximate surface area is 113 Å². The van der Waals surface area contributed by atoms with E-state index < -0.39 is 0 Å². The summed E-state index contributed by atoms with van der Waals surface area (Å²) in [5.41, 5.74) is 1.05. The second-order valence-corrected chi connectivity index (χ2v) is 5.74. The molecule has 0 spiro atoms. The molecular formula is C13H18Cl2N2. The molecule has 1 aliphatic rings. The van der Waals surface area contributed by atoms with E-state index in [9.17, 15) is 0 Å². The van der Waals surface area contributed by atoms with E-state index in [1.54, 1.807) is 12.3 Å². The van der Waals surface area contributed by atoms with E-state index in [0.29, 0.717) is 10.2 Å². The molecule has 1 aliphatic carbocycles. The van der Waals surface area contributed by atoms with Crippen molar-refractivity contribution in [1.82, 2.24) is 9.88 Å². The molecule has 0 atom stereocenters. The lowest BCUT2D eigenvalue weighted by atomic mass is 10.1. The standard InChI is InChI=1S/C13H18Cl2N2/c1-17(8-10-4-2-3-5-10)9-11-7-16-13(15)6-12(11)14/h6-7,10H,2-5,8-9H2,1H3. The van der Waals surface area contributed by atoms with Crippen LogP contribution in [-0.4, -0.2) is 23.5 Å². The molecule has 1 saturated carbocycles. The minimum atomic E-state index is 0.456. The highest BCUT2D eigenvalue weighted by atomic mass is 35.5. The van der Waals surface area contributed by atoms with Gasteiger partial charge in [-0.15, -0.1) is 0 Å². The average molecular weight is 273 g/mol. The zero-order chi connectivity index (χ0) is 12.3. The summed E-state index contributed by atoms with van der Waals surface area (Å²) in [4.78, 5) is 6.41. The van der Waals surface area contributed by atoms with E-state index in [1.165, 1.54) is 25.7 Å². The van der Waals surface area contributed by atoms with E-state index in [-0.39, 0.29) is 0 Å². The maximum Gasteiger partial charge on any atom is 0.130 e. The van der Waals surface area contributed by atoms with Crippen LogP contribution in [0, 0.1) is 5.92 Å². The third-order valence-electron chi connectivity index (χ3n) is 3.38. The molecule has 0 unspecified atom stereocenters. The highest BCUT2D eigenvalue weighted by molar-refractivity contribution is 6.34. The molecule has 2 nitrogen and oxygen atoms in total. The molecule has 94 valence electrons. The molecule has 4 heteroatoms. The third-order valence-corrected chi connectivity index (χ3v) is 3.94. The quantitative estimate of drug-likeness (QED) is 0.770. The number of halogens is 2. The van der Waals surface area contributed by atoms with Crippen LogP contribution in [0.4, 0.5) is 0 Å². The predicted molar refractivity (Wildman–Crippen MR) is 72.5 cm³/mol. The van der Waals surface area contributed by atoms with Crippen molar-refractivity contribution < 1.29 is 0 Å². The van der Waals surface area contributed by atoms with Crippen LogP contribution in [0.3, 0.4) is 0 Å². The Morgan fingerprint density at radius 2 is 2.06 bits per heavy atom. The van der Waals surface area contributed by atoms with Crippen LogP contribution in [0.15, 0.2) is 12.3 Å². The molecule has 1 aromatic rings. The van der Waals surface area contributed by atoms with Gasteiger partial charge >= 0.3 is 0 Å².